The molecular formula is C27H48N2O2. The number of amides is 1. The SMILES string of the molecule is C[C@H](CCC(=O)NCCCN)[C@H]1CC[C@H]2[C@@H]3CC[C@@H]4C[C@H](O)CC[C@]4(C)[C@H]3CC[C@]12C. The molecule has 4 rings (SSSR count). The molecule has 4 fully saturated rings. The molecule has 0 aliphatic heterocycles. The summed E-state index contributed by atoms with van der Waals surface area (Å²) in [5, 5.41) is 13.3. The number of hydrogen-bond donors (Lipinski definition) is 3. The Morgan fingerprint density at radius 3 is 2.58 bits per heavy atom. The summed E-state index contributed by atoms with van der Waals surface area (Å²) in [6.45, 7) is 8.97. The van der Waals surface area contributed by atoms with E-state index in [0.717, 1.165) is 55.3 Å². The van der Waals surface area contributed by atoms with Gasteiger partial charge in [-0.2, -0.15) is 0 Å². The Labute approximate surface area is 190 Å². The van der Waals surface area contributed by atoms with E-state index in [0.29, 0.717) is 36.3 Å². The van der Waals surface area contributed by atoms with Gasteiger partial charge in [-0.3, -0.25) is 4.79 Å². The molecule has 4 aliphatic rings. The van der Waals surface area contributed by atoms with Crippen molar-refractivity contribution >= 4 is 5.91 Å². The zero-order chi connectivity index (χ0) is 22.2. The van der Waals surface area contributed by atoms with Crippen LogP contribution in [0.2, 0.25) is 0 Å². The molecule has 31 heavy (non-hydrogen) atoms. The number of nitrogens with two attached hydrogens (primary N) is 1. The third kappa shape index (κ3) is 4.33. The maximum absolute atomic E-state index is 12.2. The van der Waals surface area contributed by atoms with Crippen molar-refractivity contribution in [3.8, 4) is 0 Å². The molecule has 4 saturated carbocycles. The van der Waals surface area contributed by atoms with Gasteiger partial charge in [-0.25, -0.2) is 0 Å². The monoisotopic (exact) mass is 432 g/mol. The Hall–Kier alpha value is -0.610. The lowest BCUT2D eigenvalue weighted by Gasteiger charge is -2.61. The van der Waals surface area contributed by atoms with Gasteiger partial charge in [0.2, 0.25) is 5.91 Å². The first-order chi connectivity index (χ1) is 14.8. The van der Waals surface area contributed by atoms with Crippen LogP contribution in [-0.2, 0) is 4.79 Å². The third-order valence-corrected chi connectivity index (χ3v) is 10.9. The minimum absolute atomic E-state index is 0.0484. The highest BCUT2D eigenvalue weighted by Gasteiger charge is 2.60. The molecule has 0 radical (unpaired) electrons. The van der Waals surface area contributed by atoms with Gasteiger partial charge >= 0.3 is 0 Å². The van der Waals surface area contributed by atoms with Crippen LogP contribution in [0.4, 0.5) is 0 Å². The lowest BCUT2D eigenvalue weighted by molar-refractivity contribution is -0.129. The topological polar surface area (TPSA) is 75.4 Å². The second-order valence-corrected chi connectivity index (χ2v) is 12.3. The molecule has 0 aromatic carbocycles. The average molecular weight is 433 g/mol. The molecule has 178 valence electrons. The molecule has 4 aliphatic carbocycles. The van der Waals surface area contributed by atoms with Crippen LogP contribution in [-0.4, -0.2) is 30.2 Å². The maximum Gasteiger partial charge on any atom is 0.220 e. The summed E-state index contributed by atoms with van der Waals surface area (Å²) in [6, 6.07) is 0. The highest BCUT2D eigenvalue weighted by Crippen LogP contribution is 2.68. The zero-order valence-corrected chi connectivity index (χ0v) is 20.4. The van der Waals surface area contributed by atoms with Crippen molar-refractivity contribution in [2.75, 3.05) is 13.1 Å². The normalized spacial score (nSPS) is 45.3. The van der Waals surface area contributed by atoms with E-state index in [1.807, 2.05) is 0 Å². The number of hydrogen-bond acceptors (Lipinski definition) is 3. The molecule has 1 amide bonds. The quantitative estimate of drug-likeness (QED) is 0.502. The Morgan fingerprint density at radius 2 is 1.81 bits per heavy atom. The largest absolute Gasteiger partial charge is 0.393 e. The van der Waals surface area contributed by atoms with E-state index in [1.54, 1.807) is 0 Å². The van der Waals surface area contributed by atoms with E-state index in [-0.39, 0.29) is 12.0 Å². The van der Waals surface area contributed by atoms with E-state index in [2.05, 4.69) is 26.1 Å². The van der Waals surface area contributed by atoms with Crippen molar-refractivity contribution in [3.63, 3.8) is 0 Å². The fourth-order valence-corrected chi connectivity index (χ4v) is 9.19. The molecule has 0 heterocycles. The molecule has 9 atom stereocenters. The summed E-state index contributed by atoms with van der Waals surface area (Å²) >= 11 is 0. The van der Waals surface area contributed by atoms with Crippen LogP contribution in [0.25, 0.3) is 0 Å². The van der Waals surface area contributed by atoms with Crippen molar-refractivity contribution in [2.24, 2.45) is 52.1 Å². The summed E-state index contributed by atoms with van der Waals surface area (Å²) in [6.07, 6.45) is 14.1. The first kappa shape index (κ1) is 23.5. The van der Waals surface area contributed by atoms with Gasteiger partial charge in [-0.1, -0.05) is 20.8 Å². The van der Waals surface area contributed by atoms with Gasteiger partial charge in [-0.05, 0) is 124 Å². The lowest BCUT2D eigenvalue weighted by atomic mass is 9.44. The van der Waals surface area contributed by atoms with Crippen molar-refractivity contribution < 1.29 is 9.90 Å². The van der Waals surface area contributed by atoms with Crippen LogP contribution < -0.4 is 11.1 Å². The van der Waals surface area contributed by atoms with E-state index in [9.17, 15) is 9.90 Å². The van der Waals surface area contributed by atoms with E-state index < -0.39 is 0 Å². The number of carbonyl (C=O) groups excluding carboxylic acids is 1. The summed E-state index contributed by atoms with van der Waals surface area (Å²) in [5.74, 6) is 5.00. The molecule has 4 N–H and O–H groups in total. The van der Waals surface area contributed by atoms with Crippen LogP contribution in [0, 0.1) is 46.3 Å². The van der Waals surface area contributed by atoms with Crippen LogP contribution >= 0.6 is 0 Å². The molecule has 0 aromatic heterocycles. The van der Waals surface area contributed by atoms with E-state index in [4.69, 9.17) is 5.73 Å². The van der Waals surface area contributed by atoms with Gasteiger partial charge in [0.1, 0.15) is 0 Å². The summed E-state index contributed by atoms with van der Waals surface area (Å²) in [5.41, 5.74) is 6.46. The minimum Gasteiger partial charge on any atom is -0.393 e. The Kier molecular flexibility index (Phi) is 7.09. The number of aliphatic hydroxyl groups excluding tert-OH is 1. The number of rotatable bonds is 7. The molecular weight excluding hydrogens is 384 g/mol. The standard InChI is InChI=1S/C27H48N2O2/c1-18(5-10-25(31)29-16-4-15-28)22-8-9-23-21-7-6-19-17-20(30)11-13-26(19,2)24(21)12-14-27(22,23)3/h18-24,30H,4-17,28H2,1-3H3,(H,29,31)/t18-,19-,20-,21+,22-,23+,24+,26+,27-/m1/s1. The molecule has 0 aromatic rings. The van der Waals surface area contributed by atoms with Gasteiger partial charge in [0, 0.05) is 13.0 Å². The van der Waals surface area contributed by atoms with Crippen LogP contribution in [0.3, 0.4) is 0 Å². The summed E-state index contributed by atoms with van der Waals surface area (Å²) in [7, 11) is 0. The Bertz CT molecular complexity index is 639. The van der Waals surface area contributed by atoms with Crippen molar-refractivity contribution in [3.05, 3.63) is 0 Å². The fourth-order valence-electron chi connectivity index (χ4n) is 9.19. The average Bonchev–Trinajstić information content (AvgIpc) is 3.10. The van der Waals surface area contributed by atoms with E-state index in [1.165, 1.54) is 44.9 Å². The van der Waals surface area contributed by atoms with Crippen LogP contribution in [0.5, 0.6) is 0 Å². The number of fused-ring (bicyclic) bond motifs is 5. The predicted octanol–water partition coefficient (Wildman–Crippen LogP) is 4.89. The number of aliphatic hydroxyl groups is 1. The van der Waals surface area contributed by atoms with Gasteiger partial charge in [0.25, 0.3) is 0 Å². The van der Waals surface area contributed by atoms with Crippen LogP contribution in [0.1, 0.15) is 97.8 Å². The molecule has 0 bridgehead atoms. The summed E-state index contributed by atoms with van der Waals surface area (Å²) < 4.78 is 0. The van der Waals surface area contributed by atoms with Crippen molar-refractivity contribution in [1.82, 2.24) is 5.32 Å². The highest BCUT2D eigenvalue weighted by molar-refractivity contribution is 5.75. The van der Waals surface area contributed by atoms with E-state index >= 15 is 0 Å². The van der Waals surface area contributed by atoms with Crippen molar-refractivity contribution in [2.45, 2.75) is 104 Å². The molecule has 0 unspecified atom stereocenters. The molecule has 4 nitrogen and oxygen atoms in total. The third-order valence-electron chi connectivity index (χ3n) is 10.9. The van der Waals surface area contributed by atoms with Crippen LogP contribution in [0.15, 0.2) is 0 Å². The Balaban J connectivity index is 1.38. The lowest BCUT2D eigenvalue weighted by Crippen LogP contribution is -2.54. The minimum atomic E-state index is -0.0484. The van der Waals surface area contributed by atoms with Gasteiger partial charge in [0.15, 0.2) is 0 Å². The first-order valence-electron chi connectivity index (χ1n) is 13.4. The second kappa shape index (κ2) is 9.33. The highest BCUT2D eigenvalue weighted by atomic mass is 16.3. The maximum atomic E-state index is 12.2. The molecule has 0 spiro atoms. The first-order valence-corrected chi connectivity index (χ1v) is 13.4. The summed E-state index contributed by atoms with van der Waals surface area (Å²) in [4.78, 5) is 12.2. The smallest absolute Gasteiger partial charge is 0.220 e. The number of carbonyl (C=O) groups is 1. The predicted molar refractivity (Wildman–Crippen MR) is 126 cm³/mol. The van der Waals surface area contributed by atoms with Crippen molar-refractivity contribution in [1.29, 1.82) is 0 Å². The second-order valence-electron chi connectivity index (χ2n) is 12.3. The fraction of sp³-hybridized carbons (Fsp3) is 0.963. The van der Waals surface area contributed by atoms with Gasteiger partial charge in [0.05, 0.1) is 6.10 Å². The zero-order valence-electron chi connectivity index (χ0n) is 20.4. The van der Waals surface area contributed by atoms with Gasteiger partial charge in [-0.15, -0.1) is 0 Å². The Morgan fingerprint density at radius 1 is 1.06 bits per heavy atom. The number of nitrogens with one attached hydrogen (secondary N) is 1. The molecule has 0 saturated heterocycles. The van der Waals surface area contributed by atoms with Gasteiger partial charge < -0.3 is 16.2 Å². The molecule has 4 heteroatoms.